The molecule has 0 aliphatic heterocycles. The Kier molecular flexibility index (Phi) is 1.12. The normalized spacial score (nSPS) is 9.12. The third kappa shape index (κ3) is 0.753. The number of oxazole rings is 1. The first-order valence-corrected chi connectivity index (χ1v) is 2.13. The van der Waals surface area contributed by atoms with Crippen molar-refractivity contribution in [2.24, 2.45) is 0 Å². The van der Waals surface area contributed by atoms with Crippen LogP contribution in [0.15, 0.2) is 10.7 Å². The van der Waals surface area contributed by atoms with Gasteiger partial charge in [0.15, 0.2) is 11.6 Å². The van der Waals surface area contributed by atoms with Crippen LogP contribution in [-0.4, -0.2) is 11.3 Å². The highest BCUT2D eigenvalue weighted by Gasteiger charge is 1.94. The summed E-state index contributed by atoms with van der Waals surface area (Å²) in [6.45, 7) is 1.67. The largest absolute Gasteiger partial charge is 0.449 e. The van der Waals surface area contributed by atoms with E-state index in [2.05, 4.69) is 9.40 Å². The molecule has 1 rings (SSSR count). The molecule has 0 spiro atoms. The van der Waals surface area contributed by atoms with Crippen LogP contribution in [0.4, 0.5) is 0 Å². The van der Waals surface area contributed by atoms with Crippen LogP contribution in [0.3, 0.4) is 0 Å². The molecule has 3 nitrogen and oxygen atoms in total. The van der Waals surface area contributed by atoms with E-state index in [-0.39, 0.29) is 5.69 Å². The lowest BCUT2D eigenvalue weighted by molar-refractivity contribution is 0.521. The van der Waals surface area contributed by atoms with E-state index in [0.29, 0.717) is 5.89 Å². The fourth-order valence-electron chi connectivity index (χ4n) is 0.410. The second kappa shape index (κ2) is 1.78. The number of carbonyl (C=O) groups excluding carboxylic acids is 1. The van der Waals surface area contributed by atoms with Crippen LogP contribution in [-0.2, 0) is 4.79 Å². The Morgan fingerprint density at radius 2 is 2.62 bits per heavy atom. The van der Waals surface area contributed by atoms with E-state index >= 15 is 0 Å². The number of aryl methyl sites for hydroxylation is 1. The first kappa shape index (κ1) is 5.03. The standard InChI is InChI=1S/C5H4NO2/c1-4-6-5(2-7)3-8-4/h3H,1H3. The molecule has 0 atom stereocenters. The lowest BCUT2D eigenvalue weighted by Gasteiger charge is -1.68. The summed E-state index contributed by atoms with van der Waals surface area (Å²) in [6, 6.07) is 0. The molecule has 0 aromatic carbocycles. The van der Waals surface area contributed by atoms with Crippen molar-refractivity contribution in [3.8, 4) is 0 Å². The SMILES string of the molecule is Cc1nc([C]=O)co1. The predicted molar refractivity (Wildman–Crippen MR) is 26.0 cm³/mol. The van der Waals surface area contributed by atoms with Crippen LogP contribution in [0.25, 0.3) is 0 Å². The van der Waals surface area contributed by atoms with Gasteiger partial charge in [0.2, 0.25) is 0 Å². The van der Waals surface area contributed by atoms with Gasteiger partial charge in [0, 0.05) is 6.92 Å². The first-order chi connectivity index (χ1) is 3.83. The molecular formula is C5H4NO2. The Morgan fingerprint density at radius 1 is 1.88 bits per heavy atom. The lowest BCUT2D eigenvalue weighted by atomic mass is 10.6. The molecule has 8 heavy (non-hydrogen) atoms. The van der Waals surface area contributed by atoms with Gasteiger partial charge in [-0.05, 0) is 0 Å². The Bertz CT molecular complexity index is 192. The zero-order valence-electron chi connectivity index (χ0n) is 4.34. The molecule has 0 fully saturated rings. The highest BCUT2D eigenvalue weighted by molar-refractivity contribution is 5.71. The first-order valence-electron chi connectivity index (χ1n) is 2.13. The maximum absolute atomic E-state index is 9.77. The van der Waals surface area contributed by atoms with Gasteiger partial charge in [-0.15, -0.1) is 0 Å². The molecule has 3 heteroatoms. The second-order valence-corrected chi connectivity index (χ2v) is 1.35. The summed E-state index contributed by atoms with van der Waals surface area (Å²) in [6.07, 6.45) is 2.86. The van der Waals surface area contributed by atoms with Crippen molar-refractivity contribution < 1.29 is 9.21 Å². The van der Waals surface area contributed by atoms with Gasteiger partial charge in [-0.25, -0.2) is 4.98 Å². The highest BCUT2D eigenvalue weighted by Crippen LogP contribution is 1.94. The summed E-state index contributed by atoms with van der Waals surface area (Å²) in [5.74, 6) is 0.489. The van der Waals surface area contributed by atoms with E-state index < -0.39 is 0 Å². The Hall–Kier alpha value is -1.12. The Labute approximate surface area is 46.3 Å². The number of nitrogens with zero attached hydrogens (tertiary/aromatic N) is 1. The van der Waals surface area contributed by atoms with Crippen molar-refractivity contribution in [2.45, 2.75) is 6.92 Å². The lowest BCUT2D eigenvalue weighted by Crippen LogP contribution is -1.76. The summed E-state index contributed by atoms with van der Waals surface area (Å²) in [4.78, 5) is 13.4. The molecule has 1 aromatic heterocycles. The molecule has 0 saturated heterocycles. The minimum atomic E-state index is 0.225. The van der Waals surface area contributed by atoms with Crippen molar-refractivity contribution >= 4 is 6.29 Å². The smallest absolute Gasteiger partial charge is 0.256 e. The van der Waals surface area contributed by atoms with Gasteiger partial charge >= 0.3 is 0 Å². The molecule has 0 aliphatic carbocycles. The topological polar surface area (TPSA) is 43.1 Å². The van der Waals surface area contributed by atoms with E-state index in [4.69, 9.17) is 0 Å². The van der Waals surface area contributed by atoms with Gasteiger partial charge in [0.05, 0.1) is 0 Å². The van der Waals surface area contributed by atoms with E-state index in [1.807, 2.05) is 0 Å². The van der Waals surface area contributed by atoms with Gasteiger partial charge in [0.1, 0.15) is 6.26 Å². The maximum atomic E-state index is 9.77. The van der Waals surface area contributed by atoms with Gasteiger partial charge in [0.25, 0.3) is 6.29 Å². The molecule has 0 unspecified atom stereocenters. The molecule has 1 heterocycles. The van der Waals surface area contributed by atoms with Crippen LogP contribution in [0.2, 0.25) is 0 Å². The van der Waals surface area contributed by atoms with Crippen LogP contribution in [0, 0.1) is 6.92 Å². The summed E-state index contributed by atoms with van der Waals surface area (Å²) in [5.41, 5.74) is 0.225. The monoisotopic (exact) mass is 110 g/mol. The van der Waals surface area contributed by atoms with E-state index in [9.17, 15) is 4.79 Å². The maximum Gasteiger partial charge on any atom is 0.256 e. The molecule has 0 N–H and O–H groups in total. The van der Waals surface area contributed by atoms with Crippen molar-refractivity contribution in [1.29, 1.82) is 0 Å². The summed E-state index contributed by atoms with van der Waals surface area (Å²) < 4.78 is 4.68. The van der Waals surface area contributed by atoms with Crippen molar-refractivity contribution in [3.63, 3.8) is 0 Å². The fraction of sp³-hybridized carbons (Fsp3) is 0.200. The number of aromatic nitrogens is 1. The number of hydrogen-bond acceptors (Lipinski definition) is 3. The zero-order valence-corrected chi connectivity index (χ0v) is 4.34. The third-order valence-corrected chi connectivity index (χ3v) is 0.724. The molecule has 41 valence electrons. The predicted octanol–water partition coefficient (Wildman–Crippen LogP) is 0.441. The number of rotatable bonds is 1. The Morgan fingerprint density at radius 3 is 2.88 bits per heavy atom. The molecular weight excluding hydrogens is 106 g/mol. The zero-order chi connectivity index (χ0) is 5.98. The van der Waals surface area contributed by atoms with E-state index in [1.54, 1.807) is 13.2 Å². The summed E-state index contributed by atoms with van der Waals surface area (Å²) in [5, 5.41) is 0. The average molecular weight is 110 g/mol. The van der Waals surface area contributed by atoms with Gasteiger partial charge in [-0.3, -0.25) is 4.79 Å². The van der Waals surface area contributed by atoms with Crippen LogP contribution >= 0.6 is 0 Å². The van der Waals surface area contributed by atoms with Gasteiger partial charge < -0.3 is 4.42 Å². The minimum absolute atomic E-state index is 0.225. The van der Waals surface area contributed by atoms with Crippen LogP contribution in [0.5, 0.6) is 0 Å². The molecule has 0 aliphatic rings. The van der Waals surface area contributed by atoms with Crippen molar-refractivity contribution in [3.05, 3.63) is 17.8 Å². The van der Waals surface area contributed by atoms with Crippen molar-refractivity contribution in [1.82, 2.24) is 4.98 Å². The highest BCUT2D eigenvalue weighted by atomic mass is 16.3. The second-order valence-electron chi connectivity index (χ2n) is 1.35. The Balaban J connectivity index is 3.00. The van der Waals surface area contributed by atoms with E-state index in [0.717, 1.165) is 0 Å². The van der Waals surface area contributed by atoms with Crippen LogP contribution < -0.4 is 0 Å². The van der Waals surface area contributed by atoms with Crippen molar-refractivity contribution in [2.75, 3.05) is 0 Å². The van der Waals surface area contributed by atoms with E-state index in [1.165, 1.54) is 6.26 Å². The third-order valence-electron chi connectivity index (χ3n) is 0.724. The molecule has 0 bridgehead atoms. The quantitative estimate of drug-likeness (QED) is 0.526. The molecule has 1 radical (unpaired) electrons. The fourth-order valence-corrected chi connectivity index (χ4v) is 0.410. The molecule has 0 saturated carbocycles. The number of hydrogen-bond donors (Lipinski definition) is 0. The van der Waals surface area contributed by atoms with Gasteiger partial charge in [-0.2, -0.15) is 0 Å². The summed E-state index contributed by atoms with van der Waals surface area (Å²) in [7, 11) is 0. The van der Waals surface area contributed by atoms with Gasteiger partial charge in [-0.1, -0.05) is 0 Å². The minimum Gasteiger partial charge on any atom is -0.449 e. The summed E-state index contributed by atoms with van der Waals surface area (Å²) >= 11 is 0. The average Bonchev–Trinajstić information content (AvgIpc) is 2.14. The molecule has 0 amide bonds. The van der Waals surface area contributed by atoms with Crippen LogP contribution in [0.1, 0.15) is 11.6 Å². The molecule has 1 aromatic rings.